The van der Waals surface area contributed by atoms with E-state index in [9.17, 15) is 4.79 Å². The minimum absolute atomic E-state index is 0. The van der Waals surface area contributed by atoms with Gasteiger partial charge in [-0.1, -0.05) is 43.2 Å². The van der Waals surface area contributed by atoms with E-state index in [-0.39, 0.29) is 35.3 Å². The van der Waals surface area contributed by atoms with Crippen molar-refractivity contribution in [3.8, 4) is 0 Å². The molecule has 3 heteroatoms. The van der Waals surface area contributed by atoms with E-state index in [4.69, 9.17) is 0 Å². The average Bonchev–Trinajstić information content (AvgIpc) is 2.39. The quantitative estimate of drug-likeness (QED) is 0.459. The number of carbonyl (C=O) groups is 1. The van der Waals surface area contributed by atoms with Crippen molar-refractivity contribution < 1.29 is 34.4 Å². The molecule has 0 saturated heterocycles. The molecule has 1 N–H and O–H groups in total. The van der Waals surface area contributed by atoms with Crippen LogP contribution >= 0.6 is 0 Å². The molecule has 1 aromatic carbocycles. The summed E-state index contributed by atoms with van der Waals surface area (Å²) < 4.78 is 0. The van der Waals surface area contributed by atoms with Crippen LogP contribution < -0.4 is 34.9 Å². The molecule has 2 nitrogen and oxygen atoms in total. The molecule has 0 unspecified atom stereocenters. The molecule has 1 aliphatic rings. The molecule has 0 spiro atoms. The monoisotopic (exact) mass is 253 g/mol. The van der Waals surface area contributed by atoms with Gasteiger partial charge in [-0.3, -0.25) is 4.79 Å². The smallest absolute Gasteiger partial charge is 0.340 e. The predicted molar refractivity (Wildman–Crippen MR) is 69.9 cm³/mol. The van der Waals surface area contributed by atoms with Crippen LogP contribution in [0.25, 0.3) is 0 Å². The summed E-state index contributed by atoms with van der Waals surface area (Å²) in [7, 11) is 0. The molecule has 1 fully saturated rings. The normalized spacial score (nSPS) is 23.2. The number of nitrogens with one attached hydrogen (secondary N) is 1. The first-order valence-electron chi connectivity index (χ1n) is 6.40. The summed E-state index contributed by atoms with van der Waals surface area (Å²) in [5.74, 6) is 0.792. The molecule has 0 bridgehead atoms. The molecule has 0 radical (unpaired) electrons. The molecule has 1 saturated carbocycles. The van der Waals surface area contributed by atoms with Crippen LogP contribution in [0.5, 0.6) is 0 Å². The van der Waals surface area contributed by atoms with Gasteiger partial charge in [0, 0.05) is 11.6 Å². The third-order valence-electron chi connectivity index (χ3n) is 3.49. The zero-order chi connectivity index (χ0) is 12.1. The summed E-state index contributed by atoms with van der Waals surface area (Å²) in [5, 5.41) is 3.36. The van der Waals surface area contributed by atoms with E-state index in [0.717, 1.165) is 18.4 Å². The van der Waals surface area contributed by atoms with Crippen molar-refractivity contribution in [2.75, 3.05) is 6.54 Å². The minimum atomic E-state index is 0. The van der Waals surface area contributed by atoms with Gasteiger partial charge in [0.25, 0.3) is 0 Å². The number of benzene rings is 1. The van der Waals surface area contributed by atoms with Gasteiger partial charge in [0.2, 0.25) is 0 Å². The van der Waals surface area contributed by atoms with Crippen LogP contribution in [-0.2, 0) is 0 Å². The average molecular weight is 253 g/mol. The Hall–Kier alpha value is -0.150. The van der Waals surface area contributed by atoms with Gasteiger partial charge in [-0.2, -0.15) is 5.92 Å². The SMILES string of the molecule is [CH2-]C1CCC(NCC(=O)c2ccccc2)CC1.[Na+]. The summed E-state index contributed by atoms with van der Waals surface area (Å²) in [6.07, 6.45) is 4.65. The van der Waals surface area contributed by atoms with Crippen molar-refractivity contribution in [1.29, 1.82) is 0 Å². The summed E-state index contributed by atoms with van der Waals surface area (Å²) >= 11 is 0. The van der Waals surface area contributed by atoms with Gasteiger partial charge in [-0.15, -0.1) is 0 Å². The number of Topliss-reactive ketones (excluding diaryl/α,β-unsaturated/α-hetero) is 1. The fraction of sp³-hybridized carbons (Fsp3) is 0.467. The molecule has 0 amide bonds. The van der Waals surface area contributed by atoms with Crippen LogP contribution in [0.15, 0.2) is 30.3 Å². The molecule has 0 heterocycles. The van der Waals surface area contributed by atoms with Gasteiger partial charge in [-0.25, -0.2) is 0 Å². The standard InChI is InChI=1S/C15H20NO.Na/c1-12-7-9-14(10-8-12)16-11-15(17)13-5-3-2-4-6-13;/h2-6,12,14,16H,1,7-11H2;/q-1;+1. The molecule has 18 heavy (non-hydrogen) atoms. The third kappa shape index (κ3) is 4.85. The van der Waals surface area contributed by atoms with E-state index in [1.807, 2.05) is 30.3 Å². The first-order valence-corrected chi connectivity index (χ1v) is 6.40. The molecule has 1 aromatic rings. The Morgan fingerprint density at radius 3 is 2.39 bits per heavy atom. The van der Waals surface area contributed by atoms with E-state index in [0.29, 0.717) is 18.5 Å². The van der Waals surface area contributed by atoms with Crippen LogP contribution in [0.2, 0.25) is 0 Å². The van der Waals surface area contributed by atoms with E-state index in [1.54, 1.807) is 0 Å². The minimum Gasteiger partial charge on any atom is -0.340 e. The Kier molecular flexibility index (Phi) is 7.16. The molecule has 0 aliphatic heterocycles. The number of hydrogen-bond donors (Lipinski definition) is 1. The summed E-state index contributed by atoms with van der Waals surface area (Å²) in [4.78, 5) is 11.9. The van der Waals surface area contributed by atoms with Gasteiger partial charge >= 0.3 is 29.6 Å². The van der Waals surface area contributed by atoms with Crippen molar-refractivity contribution in [3.63, 3.8) is 0 Å². The zero-order valence-electron chi connectivity index (χ0n) is 11.2. The van der Waals surface area contributed by atoms with Gasteiger partial charge in [0.05, 0.1) is 6.54 Å². The summed E-state index contributed by atoms with van der Waals surface area (Å²) in [6.45, 7) is 4.53. The third-order valence-corrected chi connectivity index (χ3v) is 3.49. The Morgan fingerprint density at radius 1 is 1.17 bits per heavy atom. The predicted octanol–water partition coefficient (Wildman–Crippen LogP) is -0.144. The molecule has 92 valence electrons. The van der Waals surface area contributed by atoms with Crippen LogP contribution in [-0.4, -0.2) is 18.4 Å². The first-order chi connectivity index (χ1) is 8.25. The Labute approximate surface area is 132 Å². The van der Waals surface area contributed by atoms with E-state index in [1.165, 1.54) is 12.8 Å². The van der Waals surface area contributed by atoms with Crippen molar-refractivity contribution in [2.24, 2.45) is 5.92 Å². The summed E-state index contributed by atoms with van der Waals surface area (Å²) in [6, 6.07) is 9.98. The maximum Gasteiger partial charge on any atom is 1.00 e. The van der Waals surface area contributed by atoms with Crippen LogP contribution in [0.3, 0.4) is 0 Å². The van der Waals surface area contributed by atoms with Crippen LogP contribution in [0.4, 0.5) is 0 Å². The Balaban J connectivity index is 0.00000162. The molecular weight excluding hydrogens is 233 g/mol. The maximum atomic E-state index is 11.9. The van der Waals surface area contributed by atoms with Crippen molar-refractivity contribution in [2.45, 2.75) is 31.7 Å². The van der Waals surface area contributed by atoms with Gasteiger partial charge < -0.3 is 12.2 Å². The van der Waals surface area contributed by atoms with Gasteiger partial charge in [-0.05, 0) is 12.8 Å². The zero-order valence-corrected chi connectivity index (χ0v) is 13.2. The van der Waals surface area contributed by atoms with Gasteiger partial charge in [0.15, 0.2) is 5.78 Å². The van der Waals surface area contributed by atoms with E-state index in [2.05, 4.69) is 12.2 Å². The maximum absolute atomic E-state index is 11.9. The topological polar surface area (TPSA) is 29.1 Å². The molecule has 0 atom stereocenters. The van der Waals surface area contributed by atoms with Crippen molar-refractivity contribution in [1.82, 2.24) is 5.32 Å². The van der Waals surface area contributed by atoms with Crippen LogP contribution in [0.1, 0.15) is 36.0 Å². The fourth-order valence-corrected chi connectivity index (χ4v) is 2.33. The first kappa shape index (κ1) is 15.9. The Morgan fingerprint density at radius 2 is 1.78 bits per heavy atom. The molecule has 2 rings (SSSR count). The van der Waals surface area contributed by atoms with Gasteiger partial charge in [0.1, 0.15) is 0 Å². The van der Waals surface area contributed by atoms with Crippen molar-refractivity contribution >= 4 is 5.78 Å². The fourth-order valence-electron chi connectivity index (χ4n) is 2.33. The van der Waals surface area contributed by atoms with Crippen molar-refractivity contribution in [3.05, 3.63) is 42.8 Å². The Bertz CT molecular complexity index is 358. The molecule has 1 aliphatic carbocycles. The number of hydrogen-bond acceptors (Lipinski definition) is 2. The number of carbonyl (C=O) groups excluding carboxylic acids is 1. The number of ketones is 1. The van der Waals surface area contributed by atoms with E-state index < -0.39 is 0 Å². The summed E-state index contributed by atoms with van der Waals surface area (Å²) in [5.41, 5.74) is 0.797. The second kappa shape index (κ2) is 8.11. The van der Waals surface area contributed by atoms with Crippen LogP contribution in [0, 0.1) is 12.8 Å². The largest absolute Gasteiger partial charge is 1.00 e. The molecular formula is C15H20NNaO. The van der Waals surface area contributed by atoms with E-state index >= 15 is 0 Å². The second-order valence-electron chi connectivity index (χ2n) is 4.89. The number of rotatable bonds is 4. The second-order valence-corrected chi connectivity index (χ2v) is 4.89. The molecule has 0 aromatic heterocycles.